The third-order valence-corrected chi connectivity index (χ3v) is 7.47. The third-order valence-electron chi connectivity index (χ3n) is 5.96. The largest absolute Gasteiger partial charge is 0.416 e. The molecule has 0 bridgehead atoms. The van der Waals surface area contributed by atoms with Gasteiger partial charge in [0.25, 0.3) is 0 Å². The fraction of sp³-hybridized carbons (Fsp3) is 0.259. The molecule has 0 aromatic heterocycles. The molecule has 3 rings (SSSR count). The lowest BCUT2D eigenvalue weighted by atomic mass is 10.0. The molecule has 0 spiro atoms. The van der Waals surface area contributed by atoms with Gasteiger partial charge in [0, 0.05) is 25.0 Å². The maximum atomic E-state index is 13.8. The van der Waals surface area contributed by atoms with E-state index in [9.17, 15) is 31.2 Å². The summed E-state index contributed by atoms with van der Waals surface area (Å²) in [5.74, 6) is -1.31. The highest BCUT2D eigenvalue weighted by Crippen LogP contribution is 2.32. The van der Waals surface area contributed by atoms with Gasteiger partial charge in [-0.25, -0.2) is 8.42 Å². The van der Waals surface area contributed by atoms with Crippen molar-refractivity contribution in [3.63, 3.8) is 0 Å². The monoisotopic (exact) mass is 581 g/mol. The molecule has 0 aliphatic carbocycles. The van der Waals surface area contributed by atoms with E-state index in [2.05, 4.69) is 5.32 Å². The number of nitrogens with one attached hydrogen (secondary N) is 1. The molecule has 0 saturated heterocycles. The van der Waals surface area contributed by atoms with Crippen molar-refractivity contribution >= 4 is 39.1 Å². The van der Waals surface area contributed by atoms with E-state index in [1.807, 2.05) is 0 Å². The summed E-state index contributed by atoms with van der Waals surface area (Å²) in [6, 6.07) is 18.2. The molecule has 208 valence electrons. The summed E-state index contributed by atoms with van der Waals surface area (Å²) in [5, 5.41) is 2.86. The number of rotatable bonds is 10. The van der Waals surface area contributed by atoms with Crippen LogP contribution in [0.1, 0.15) is 16.7 Å². The van der Waals surface area contributed by atoms with Crippen LogP contribution in [0.3, 0.4) is 0 Å². The van der Waals surface area contributed by atoms with Crippen LogP contribution in [-0.2, 0) is 38.8 Å². The summed E-state index contributed by atoms with van der Waals surface area (Å²) >= 11 is 6.33. The van der Waals surface area contributed by atoms with E-state index in [1.165, 1.54) is 18.0 Å². The average molecular weight is 582 g/mol. The Morgan fingerprint density at radius 3 is 2.21 bits per heavy atom. The van der Waals surface area contributed by atoms with Crippen molar-refractivity contribution < 1.29 is 31.2 Å². The zero-order valence-electron chi connectivity index (χ0n) is 21.2. The molecule has 1 unspecified atom stereocenters. The molecule has 0 fully saturated rings. The first kappa shape index (κ1) is 30.0. The maximum absolute atomic E-state index is 13.8. The van der Waals surface area contributed by atoms with Crippen LogP contribution in [-0.4, -0.2) is 51.0 Å². The Morgan fingerprint density at radius 2 is 1.62 bits per heavy atom. The standard InChI is InChI=1S/C27H27ClF3N3O4S/c1-32-26(36)24(15-19-9-4-3-5-10-19)33(17-20-11-6-7-14-23(20)28)25(35)18-34(39(2,37)38)22-13-8-12-21(16-22)27(29,30)31/h3-14,16,24H,15,17-18H2,1-2H3,(H,32,36). The van der Waals surface area contributed by atoms with Gasteiger partial charge >= 0.3 is 6.18 Å². The van der Waals surface area contributed by atoms with Gasteiger partial charge in [0.05, 0.1) is 17.5 Å². The number of benzene rings is 3. The van der Waals surface area contributed by atoms with Gasteiger partial charge in [-0.15, -0.1) is 0 Å². The van der Waals surface area contributed by atoms with Crippen LogP contribution in [0, 0.1) is 0 Å². The van der Waals surface area contributed by atoms with Gasteiger partial charge in [-0.3, -0.25) is 13.9 Å². The highest BCUT2D eigenvalue weighted by atomic mass is 35.5. The van der Waals surface area contributed by atoms with Crippen LogP contribution < -0.4 is 9.62 Å². The minimum absolute atomic E-state index is 0.0964. The lowest BCUT2D eigenvalue weighted by molar-refractivity contribution is -0.139. The molecular formula is C27H27ClF3N3O4S. The van der Waals surface area contributed by atoms with Crippen molar-refractivity contribution in [2.24, 2.45) is 0 Å². The summed E-state index contributed by atoms with van der Waals surface area (Å²) in [6.45, 7) is -0.990. The highest BCUT2D eigenvalue weighted by Gasteiger charge is 2.35. The van der Waals surface area contributed by atoms with E-state index in [1.54, 1.807) is 54.6 Å². The summed E-state index contributed by atoms with van der Waals surface area (Å²) in [5.41, 5.74) is -0.167. The van der Waals surface area contributed by atoms with Gasteiger partial charge in [0.1, 0.15) is 12.6 Å². The van der Waals surface area contributed by atoms with Crippen LogP contribution in [0.15, 0.2) is 78.9 Å². The average Bonchev–Trinajstić information content (AvgIpc) is 2.89. The molecule has 39 heavy (non-hydrogen) atoms. The number of alkyl halides is 3. The normalized spacial score (nSPS) is 12.5. The number of halogens is 4. The molecule has 3 aromatic rings. The van der Waals surface area contributed by atoms with Gasteiger partial charge in [-0.1, -0.05) is 66.2 Å². The van der Waals surface area contributed by atoms with Crippen molar-refractivity contribution in [3.8, 4) is 0 Å². The van der Waals surface area contributed by atoms with E-state index >= 15 is 0 Å². The van der Waals surface area contributed by atoms with Gasteiger partial charge in [-0.05, 0) is 35.4 Å². The number of carbonyl (C=O) groups excluding carboxylic acids is 2. The van der Waals surface area contributed by atoms with Crippen LogP contribution >= 0.6 is 11.6 Å². The second-order valence-corrected chi connectivity index (χ2v) is 11.1. The number of amides is 2. The first-order chi connectivity index (χ1) is 18.3. The zero-order chi connectivity index (χ0) is 28.8. The van der Waals surface area contributed by atoms with Crippen molar-refractivity contribution in [3.05, 3.63) is 101 Å². The van der Waals surface area contributed by atoms with E-state index in [-0.39, 0.29) is 18.7 Å². The molecule has 1 atom stereocenters. The summed E-state index contributed by atoms with van der Waals surface area (Å²) in [7, 11) is -2.80. The summed E-state index contributed by atoms with van der Waals surface area (Å²) < 4.78 is 66.0. The Balaban J connectivity index is 2.06. The molecule has 0 heterocycles. The van der Waals surface area contributed by atoms with E-state index in [0.29, 0.717) is 21.0 Å². The first-order valence-corrected chi connectivity index (χ1v) is 14.0. The van der Waals surface area contributed by atoms with Crippen LogP contribution in [0.4, 0.5) is 18.9 Å². The van der Waals surface area contributed by atoms with Crippen molar-refractivity contribution in [1.82, 2.24) is 10.2 Å². The van der Waals surface area contributed by atoms with Crippen LogP contribution in [0.25, 0.3) is 0 Å². The number of likely N-dealkylation sites (N-methyl/N-ethyl adjacent to an activating group) is 1. The quantitative estimate of drug-likeness (QED) is 0.382. The SMILES string of the molecule is CNC(=O)C(Cc1ccccc1)N(Cc1ccccc1Cl)C(=O)CN(c1cccc(C(F)(F)F)c1)S(C)(=O)=O. The highest BCUT2D eigenvalue weighted by molar-refractivity contribution is 7.92. The number of hydrogen-bond acceptors (Lipinski definition) is 4. The molecule has 0 aliphatic rings. The number of nitrogens with zero attached hydrogens (tertiary/aromatic N) is 2. The number of sulfonamides is 1. The number of hydrogen-bond donors (Lipinski definition) is 1. The van der Waals surface area contributed by atoms with Crippen molar-refractivity contribution in [2.75, 3.05) is 24.2 Å². The zero-order valence-corrected chi connectivity index (χ0v) is 22.7. The second kappa shape index (κ2) is 12.5. The summed E-state index contributed by atoms with van der Waals surface area (Å²) in [4.78, 5) is 28.0. The van der Waals surface area contributed by atoms with Crippen LogP contribution in [0.2, 0.25) is 5.02 Å². The van der Waals surface area contributed by atoms with E-state index in [4.69, 9.17) is 11.6 Å². The minimum Gasteiger partial charge on any atom is -0.357 e. The first-order valence-electron chi connectivity index (χ1n) is 11.7. The minimum atomic E-state index is -4.72. The molecule has 2 amide bonds. The lowest BCUT2D eigenvalue weighted by Crippen LogP contribution is -2.53. The van der Waals surface area contributed by atoms with Crippen molar-refractivity contribution in [1.29, 1.82) is 0 Å². The molecular weight excluding hydrogens is 555 g/mol. The number of carbonyl (C=O) groups is 2. The maximum Gasteiger partial charge on any atom is 0.416 e. The Bertz CT molecular complexity index is 1420. The summed E-state index contributed by atoms with van der Waals surface area (Å²) in [6.07, 6.45) is -3.84. The molecule has 0 radical (unpaired) electrons. The van der Waals surface area contributed by atoms with Gasteiger partial charge in [0.15, 0.2) is 0 Å². The van der Waals surface area contributed by atoms with Gasteiger partial charge in [0.2, 0.25) is 21.8 Å². The molecule has 12 heteroatoms. The smallest absolute Gasteiger partial charge is 0.357 e. The Hall–Kier alpha value is -3.57. The van der Waals surface area contributed by atoms with Gasteiger partial charge in [-0.2, -0.15) is 13.2 Å². The molecule has 3 aromatic carbocycles. The fourth-order valence-corrected chi connectivity index (χ4v) is 5.02. The Kier molecular flexibility index (Phi) is 9.63. The number of anilines is 1. The van der Waals surface area contributed by atoms with Crippen LogP contribution in [0.5, 0.6) is 0 Å². The molecule has 1 N–H and O–H groups in total. The Labute approximate surface area is 230 Å². The van der Waals surface area contributed by atoms with E-state index < -0.39 is 46.2 Å². The predicted octanol–water partition coefficient (Wildman–Crippen LogP) is 4.51. The predicted molar refractivity (Wildman–Crippen MR) is 144 cm³/mol. The van der Waals surface area contributed by atoms with Gasteiger partial charge < -0.3 is 10.2 Å². The Morgan fingerprint density at radius 1 is 0.974 bits per heavy atom. The second-order valence-electron chi connectivity index (χ2n) is 8.75. The molecule has 0 saturated carbocycles. The fourth-order valence-electron chi connectivity index (χ4n) is 3.98. The lowest BCUT2D eigenvalue weighted by Gasteiger charge is -2.33. The third kappa shape index (κ3) is 7.96. The molecule has 7 nitrogen and oxygen atoms in total. The molecule has 0 aliphatic heterocycles. The van der Waals surface area contributed by atoms with E-state index in [0.717, 1.165) is 24.0 Å². The van der Waals surface area contributed by atoms with Crippen molar-refractivity contribution in [2.45, 2.75) is 25.2 Å². The topological polar surface area (TPSA) is 86.8 Å².